The van der Waals surface area contributed by atoms with Crippen LogP contribution in [-0.4, -0.2) is 34.1 Å². The van der Waals surface area contributed by atoms with Crippen molar-refractivity contribution in [3.8, 4) is 68.2 Å². The van der Waals surface area contributed by atoms with E-state index in [1.165, 1.54) is 21.5 Å². The molecule has 0 spiro atoms. The van der Waals surface area contributed by atoms with Crippen molar-refractivity contribution in [3.05, 3.63) is 224 Å². The minimum atomic E-state index is 0.626. The number of nitrogens with zero attached hydrogens (tertiary/aromatic N) is 7. The number of para-hydroxylation sites is 3. The van der Waals surface area contributed by atoms with Gasteiger partial charge in [-0.05, 0) is 78.9 Å². The van der Waals surface area contributed by atoms with E-state index in [1.54, 1.807) is 0 Å². The Morgan fingerprint density at radius 3 is 1.08 bits per heavy atom. The van der Waals surface area contributed by atoms with Crippen molar-refractivity contribution in [1.29, 1.82) is 0 Å². The van der Waals surface area contributed by atoms with Gasteiger partial charge in [0.2, 0.25) is 0 Å². The van der Waals surface area contributed by atoms with Crippen LogP contribution in [0.25, 0.3) is 123 Å². The molecular formula is C59H37N7. The Morgan fingerprint density at radius 2 is 0.606 bits per heavy atom. The lowest BCUT2D eigenvalue weighted by Gasteiger charge is -2.12. The maximum absolute atomic E-state index is 5.14. The van der Waals surface area contributed by atoms with Crippen LogP contribution >= 0.6 is 0 Å². The molecule has 0 fully saturated rings. The normalized spacial score (nSPS) is 11.6. The van der Waals surface area contributed by atoms with E-state index in [0.29, 0.717) is 23.3 Å². The molecule has 9 aromatic carbocycles. The minimum Gasteiger partial charge on any atom is -0.309 e. The molecule has 0 aliphatic rings. The van der Waals surface area contributed by atoms with E-state index in [9.17, 15) is 0 Å². The van der Waals surface area contributed by atoms with Crippen molar-refractivity contribution in [2.75, 3.05) is 0 Å². The zero-order chi connectivity index (χ0) is 43.6. The first-order chi connectivity index (χ1) is 32.7. The fourth-order valence-electron chi connectivity index (χ4n) is 9.55. The molecule has 0 aliphatic heterocycles. The van der Waals surface area contributed by atoms with Gasteiger partial charge in [0.1, 0.15) is 0 Å². The molecule has 66 heavy (non-hydrogen) atoms. The number of aromatic nitrogens is 7. The summed E-state index contributed by atoms with van der Waals surface area (Å²) < 4.78 is 4.76. The highest BCUT2D eigenvalue weighted by Gasteiger charge is 2.21. The van der Waals surface area contributed by atoms with Crippen molar-refractivity contribution in [3.63, 3.8) is 0 Å². The smallest absolute Gasteiger partial charge is 0.164 e. The molecule has 4 aromatic heterocycles. The summed E-state index contributed by atoms with van der Waals surface area (Å²) in [7, 11) is 0. The Morgan fingerprint density at radius 1 is 0.242 bits per heavy atom. The fraction of sp³-hybridized carbons (Fsp3) is 0. The van der Waals surface area contributed by atoms with Gasteiger partial charge in [0.25, 0.3) is 0 Å². The molecule has 4 heterocycles. The predicted molar refractivity (Wildman–Crippen MR) is 269 cm³/mol. The first-order valence-corrected chi connectivity index (χ1v) is 22.1. The third-order valence-electron chi connectivity index (χ3n) is 12.6. The van der Waals surface area contributed by atoms with E-state index in [0.717, 1.165) is 77.9 Å². The molecule has 308 valence electrons. The molecule has 0 bridgehead atoms. The molecule has 0 saturated heterocycles. The molecule has 0 radical (unpaired) electrons. The maximum atomic E-state index is 5.14. The quantitative estimate of drug-likeness (QED) is 0.160. The Labute approximate surface area is 379 Å². The molecule has 0 amide bonds. The van der Waals surface area contributed by atoms with Crippen LogP contribution in [-0.2, 0) is 0 Å². The Bertz CT molecular complexity index is 3900. The Kier molecular flexibility index (Phi) is 8.70. The van der Waals surface area contributed by atoms with Crippen LogP contribution in [0.4, 0.5) is 0 Å². The van der Waals surface area contributed by atoms with Crippen molar-refractivity contribution < 1.29 is 0 Å². The van der Waals surface area contributed by atoms with Crippen LogP contribution in [0.5, 0.6) is 0 Å². The molecule has 0 unspecified atom stereocenters. The second-order valence-electron chi connectivity index (χ2n) is 16.5. The van der Waals surface area contributed by atoms with E-state index >= 15 is 0 Å². The third kappa shape index (κ3) is 6.17. The van der Waals surface area contributed by atoms with Gasteiger partial charge in [-0.2, -0.15) is 0 Å². The summed E-state index contributed by atoms with van der Waals surface area (Å²) >= 11 is 0. The molecule has 0 saturated carbocycles. The lowest BCUT2D eigenvalue weighted by molar-refractivity contribution is 1.07. The number of benzene rings is 9. The molecule has 13 rings (SSSR count). The largest absolute Gasteiger partial charge is 0.309 e. The topological polar surface area (TPSA) is 74.3 Å². The molecule has 0 aliphatic carbocycles. The predicted octanol–water partition coefficient (Wildman–Crippen LogP) is 14.3. The zero-order valence-electron chi connectivity index (χ0n) is 35.5. The summed E-state index contributed by atoms with van der Waals surface area (Å²) in [6, 6.07) is 78.0. The van der Waals surface area contributed by atoms with Gasteiger partial charge in [-0.1, -0.05) is 146 Å². The molecule has 13 aromatic rings. The van der Waals surface area contributed by atoms with Gasteiger partial charge in [0.15, 0.2) is 23.3 Å². The van der Waals surface area contributed by atoms with Crippen molar-refractivity contribution in [2.45, 2.75) is 0 Å². The fourth-order valence-corrected chi connectivity index (χ4v) is 9.55. The third-order valence-corrected chi connectivity index (χ3v) is 12.6. The number of hydrogen-bond acceptors (Lipinski definition) is 5. The summed E-state index contributed by atoms with van der Waals surface area (Å²) in [6.45, 7) is 0. The molecule has 0 atom stereocenters. The van der Waals surface area contributed by atoms with E-state index < -0.39 is 0 Å². The highest BCUT2D eigenvalue weighted by molar-refractivity contribution is 6.29. The van der Waals surface area contributed by atoms with Crippen molar-refractivity contribution in [1.82, 2.24) is 34.1 Å². The lowest BCUT2D eigenvalue weighted by Crippen LogP contribution is -2.00. The van der Waals surface area contributed by atoms with Crippen LogP contribution in [0.2, 0.25) is 0 Å². The molecule has 0 N–H and O–H groups in total. The SMILES string of the molecule is c1ccc(-c2nc(-c3ccccc3)nc(-c3ccc(-n4c5ccccc5c5c6c7ccccc7n(-c7ccc(-c8nc(-c9ccccc9)c9ccccc9n8)cc7)c6ccc54)cc3)n2)cc1. The molecular weight excluding hydrogens is 807 g/mol. The van der Waals surface area contributed by atoms with Crippen molar-refractivity contribution >= 4 is 54.5 Å². The summed E-state index contributed by atoms with van der Waals surface area (Å²) in [4.78, 5) is 25.1. The van der Waals surface area contributed by atoms with Gasteiger partial charge in [-0.3, -0.25) is 0 Å². The second kappa shape index (κ2) is 15.3. The van der Waals surface area contributed by atoms with Gasteiger partial charge in [-0.15, -0.1) is 0 Å². The average molecular weight is 844 g/mol. The average Bonchev–Trinajstić information content (AvgIpc) is 3.92. The van der Waals surface area contributed by atoms with Crippen LogP contribution in [0.15, 0.2) is 224 Å². The van der Waals surface area contributed by atoms with Gasteiger partial charge in [-0.25, -0.2) is 24.9 Å². The standard InChI is InChI=1S/C59H37N7/c1-4-16-38(17-5-1)55-45-22-10-13-25-48(45)60-56(61-55)41-28-32-43(33-29-41)65-49-26-14-11-23-46(49)53-51(65)36-37-52-54(53)47-24-12-15-27-50(47)66(52)44-34-30-42(31-35-44)59-63-57(39-18-6-2-7-19-39)62-58(64-59)40-20-8-3-9-21-40/h1-37H. The van der Waals surface area contributed by atoms with Crippen molar-refractivity contribution in [2.24, 2.45) is 0 Å². The summed E-state index contributed by atoms with van der Waals surface area (Å²) in [5, 5.41) is 5.86. The minimum absolute atomic E-state index is 0.626. The first kappa shape index (κ1) is 37.5. The van der Waals surface area contributed by atoms with E-state index in [4.69, 9.17) is 24.9 Å². The van der Waals surface area contributed by atoms with Gasteiger partial charge in [0, 0.05) is 66.1 Å². The maximum Gasteiger partial charge on any atom is 0.164 e. The Hall–Kier alpha value is -9.07. The van der Waals surface area contributed by atoms with E-state index in [2.05, 4.69) is 155 Å². The Balaban J connectivity index is 0.930. The van der Waals surface area contributed by atoms with Crippen LogP contribution in [0.3, 0.4) is 0 Å². The monoisotopic (exact) mass is 843 g/mol. The van der Waals surface area contributed by atoms with Gasteiger partial charge in [0.05, 0.1) is 33.3 Å². The van der Waals surface area contributed by atoms with Gasteiger partial charge >= 0.3 is 0 Å². The van der Waals surface area contributed by atoms with E-state index in [-0.39, 0.29) is 0 Å². The zero-order valence-corrected chi connectivity index (χ0v) is 35.5. The van der Waals surface area contributed by atoms with E-state index in [1.807, 2.05) is 78.9 Å². The number of hydrogen-bond donors (Lipinski definition) is 0. The van der Waals surface area contributed by atoms with Crippen LogP contribution in [0.1, 0.15) is 0 Å². The van der Waals surface area contributed by atoms with Crippen LogP contribution < -0.4 is 0 Å². The highest BCUT2D eigenvalue weighted by atomic mass is 15.0. The molecule has 7 heteroatoms. The molecule has 7 nitrogen and oxygen atoms in total. The second-order valence-corrected chi connectivity index (χ2v) is 16.5. The number of rotatable bonds is 7. The first-order valence-electron chi connectivity index (χ1n) is 22.1. The number of fused-ring (bicyclic) bond motifs is 8. The summed E-state index contributed by atoms with van der Waals surface area (Å²) in [5.74, 6) is 2.61. The summed E-state index contributed by atoms with van der Waals surface area (Å²) in [6.07, 6.45) is 0. The van der Waals surface area contributed by atoms with Crippen LogP contribution in [0, 0.1) is 0 Å². The lowest BCUT2D eigenvalue weighted by atomic mass is 10.1. The summed E-state index contributed by atoms with van der Waals surface area (Å²) in [5.41, 5.74) is 13.4. The highest BCUT2D eigenvalue weighted by Crippen LogP contribution is 2.43. The van der Waals surface area contributed by atoms with Gasteiger partial charge < -0.3 is 9.13 Å².